The van der Waals surface area contributed by atoms with Crippen molar-refractivity contribution in [1.29, 1.82) is 0 Å². The molecule has 2 rings (SSSR count). The first kappa shape index (κ1) is 16.4. The first-order chi connectivity index (χ1) is 10.3. The molecule has 1 heterocycles. The van der Waals surface area contributed by atoms with Crippen LogP contribution in [0, 0.1) is 5.92 Å². The molecular formula is C17H26N2OS. The van der Waals surface area contributed by atoms with Crippen molar-refractivity contribution in [1.82, 2.24) is 10.2 Å². The molecule has 4 heteroatoms. The monoisotopic (exact) mass is 306 g/mol. The number of piperidine rings is 1. The molecule has 116 valence electrons. The summed E-state index contributed by atoms with van der Waals surface area (Å²) >= 11 is 1.64. The molecule has 1 aromatic rings. The van der Waals surface area contributed by atoms with Crippen LogP contribution in [0.2, 0.25) is 0 Å². The number of carbonyl (C=O) groups excluding carboxylic acids is 1. The lowest BCUT2D eigenvalue weighted by Gasteiger charge is -2.30. The first-order valence-electron chi connectivity index (χ1n) is 7.96. The third kappa shape index (κ3) is 5.71. The largest absolute Gasteiger partial charge is 0.342 e. The average molecular weight is 306 g/mol. The summed E-state index contributed by atoms with van der Waals surface area (Å²) in [4.78, 5) is 15.7. The number of nitrogens with zero attached hydrogens (tertiary/aromatic N) is 1. The third-order valence-electron chi connectivity index (χ3n) is 3.89. The van der Waals surface area contributed by atoms with Gasteiger partial charge in [-0.3, -0.25) is 4.79 Å². The van der Waals surface area contributed by atoms with Gasteiger partial charge in [0.1, 0.15) is 0 Å². The van der Waals surface area contributed by atoms with Gasteiger partial charge in [-0.05, 0) is 50.4 Å². The molecule has 3 nitrogen and oxygen atoms in total. The smallest absolute Gasteiger partial charge is 0.232 e. The number of nitrogens with one attached hydrogen (secondary N) is 1. The lowest BCUT2D eigenvalue weighted by molar-refractivity contribution is -0.129. The second kappa shape index (κ2) is 9.11. The Kier molecular flexibility index (Phi) is 7.10. The Balaban J connectivity index is 1.82. The molecule has 0 bridgehead atoms. The molecule has 0 aromatic heterocycles. The van der Waals surface area contributed by atoms with E-state index in [0.717, 1.165) is 32.6 Å². The van der Waals surface area contributed by atoms with E-state index in [-0.39, 0.29) is 5.91 Å². The van der Waals surface area contributed by atoms with E-state index < -0.39 is 0 Å². The summed E-state index contributed by atoms with van der Waals surface area (Å²) < 4.78 is 0. The van der Waals surface area contributed by atoms with Crippen LogP contribution in [0.15, 0.2) is 35.2 Å². The van der Waals surface area contributed by atoms with Crippen molar-refractivity contribution in [2.45, 2.75) is 31.1 Å². The number of rotatable bonds is 7. The molecule has 0 spiro atoms. The van der Waals surface area contributed by atoms with E-state index in [0.29, 0.717) is 11.7 Å². The summed E-state index contributed by atoms with van der Waals surface area (Å²) in [6.07, 6.45) is 3.42. The van der Waals surface area contributed by atoms with Crippen LogP contribution in [-0.2, 0) is 4.79 Å². The minimum absolute atomic E-state index is 0.282. The zero-order valence-electron chi connectivity index (χ0n) is 12.9. The van der Waals surface area contributed by atoms with Gasteiger partial charge in [-0.1, -0.05) is 25.1 Å². The Hall–Kier alpha value is -1.00. The molecule has 1 aliphatic rings. The van der Waals surface area contributed by atoms with Gasteiger partial charge in [0.05, 0.1) is 5.75 Å². The van der Waals surface area contributed by atoms with Crippen molar-refractivity contribution in [3.8, 4) is 0 Å². The average Bonchev–Trinajstić information content (AvgIpc) is 2.54. The minimum Gasteiger partial charge on any atom is -0.342 e. The van der Waals surface area contributed by atoms with E-state index in [9.17, 15) is 4.79 Å². The Bertz CT molecular complexity index is 418. The Labute approximate surface area is 132 Å². The lowest BCUT2D eigenvalue weighted by atomic mass is 9.97. The molecule has 0 atom stereocenters. The molecule has 0 aliphatic carbocycles. The molecule has 1 N–H and O–H groups in total. The Morgan fingerprint density at radius 3 is 2.67 bits per heavy atom. The molecule has 1 aromatic carbocycles. The number of carbonyl (C=O) groups is 1. The van der Waals surface area contributed by atoms with Gasteiger partial charge in [-0.2, -0.15) is 0 Å². The van der Waals surface area contributed by atoms with Gasteiger partial charge in [-0.15, -0.1) is 11.8 Å². The first-order valence-corrected chi connectivity index (χ1v) is 8.94. The number of amides is 1. The normalized spacial score (nSPS) is 15.9. The predicted molar refractivity (Wildman–Crippen MR) is 89.6 cm³/mol. The van der Waals surface area contributed by atoms with E-state index in [1.165, 1.54) is 17.7 Å². The van der Waals surface area contributed by atoms with Crippen LogP contribution in [-0.4, -0.2) is 42.7 Å². The molecule has 21 heavy (non-hydrogen) atoms. The molecule has 1 saturated heterocycles. The molecule has 0 saturated carbocycles. The zero-order chi connectivity index (χ0) is 14.9. The topological polar surface area (TPSA) is 32.3 Å². The number of thioether (sulfide) groups is 1. The van der Waals surface area contributed by atoms with Gasteiger partial charge in [0.2, 0.25) is 5.91 Å². The number of benzene rings is 1. The van der Waals surface area contributed by atoms with Gasteiger partial charge < -0.3 is 10.2 Å². The lowest BCUT2D eigenvalue weighted by Crippen LogP contribution is -2.40. The van der Waals surface area contributed by atoms with Crippen LogP contribution in [0.1, 0.15) is 26.2 Å². The highest BCUT2D eigenvalue weighted by Gasteiger charge is 2.20. The molecule has 0 unspecified atom stereocenters. The van der Waals surface area contributed by atoms with Crippen molar-refractivity contribution in [2.24, 2.45) is 5.92 Å². The van der Waals surface area contributed by atoms with E-state index >= 15 is 0 Å². The quantitative estimate of drug-likeness (QED) is 0.786. The van der Waals surface area contributed by atoms with Gasteiger partial charge in [-0.25, -0.2) is 0 Å². The van der Waals surface area contributed by atoms with Crippen LogP contribution >= 0.6 is 11.8 Å². The summed E-state index contributed by atoms with van der Waals surface area (Å²) in [7, 11) is 0. The summed E-state index contributed by atoms with van der Waals surface area (Å²) in [5.41, 5.74) is 0. The highest BCUT2D eigenvalue weighted by atomic mass is 32.2. The minimum atomic E-state index is 0.282. The van der Waals surface area contributed by atoms with Crippen molar-refractivity contribution < 1.29 is 4.79 Å². The second-order valence-electron chi connectivity index (χ2n) is 5.63. The van der Waals surface area contributed by atoms with Crippen LogP contribution in [0.4, 0.5) is 0 Å². The maximum atomic E-state index is 12.5. The van der Waals surface area contributed by atoms with E-state index in [4.69, 9.17) is 0 Å². The van der Waals surface area contributed by atoms with Gasteiger partial charge in [0.15, 0.2) is 0 Å². The highest BCUT2D eigenvalue weighted by Crippen LogP contribution is 2.19. The fourth-order valence-electron chi connectivity index (χ4n) is 2.72. The molecule has 0 radical (unpaired) electrons. The summed E-state index contributed by atoms with van der Waals surface area (Å²) in [5.74, 6) is 1.50. The van der Waals surface area contributed by atoms with Gasteiger partial charge in [0, 0.05) is 18.0 Å². The molecular weight excluding hydrogens is 280 g/mol. The maximum absolute atomic E-state index is 12.5. The maximum Gasteiger partial charge on any atom is 0.232 e. The standard InChI is InChI=1S/C17H26N2OS/c1-2-12-19(13-15-8-10-18-11-9-15)17(20)14-21-16-6-4-3-5-7-16/h3-7,15,18H,2,8-14H2,1H3. The SMILES string of the molecule is CCCN(CC1CCNCC1)C(=O)CSc1ccccc1. The van der Waals surface area contributed by atoms with E-state index in [1.54, 1.807) is 11.8 Å². The number of hydrogen-bond acceptors (Lipinski definition) is 3. The van der Waals surface area contributed by atoms with Gasteiger partial charge in [0.25, 0.3) is 0 Å². The predicted octanol–water partition coefficient (Wildman–Crippen LogP) is 3.02. The van der Waals surface area contributed by atoms with Crippen LogP contribution in [0.3, 0.4) is 0 Å². The summed E-state index contributed by atoms with van der Waals surface area (Å²) in [5, 5.41) is 3.39. The van der Waals surface area contributed by atoms with Crippen molar-refractivity contribution in [3.05, 3.63) is 30.3 Å². The summed E-state index contributed by atoms with van der Waals surface area (Å²) in [6, 6.07) is 10.2. The van der Waals surface area contributed by atoms with Crippen LogP contribution in [0.25, 0.3) is 0 Å². The fraction of sp³-hybridized carbons (Fsp3) is 0.588. The zero-order valence-corrected chi connectivity index (χ0v) is 13.7. The van der Waals surface area contributed by atoms with Crippen molar-refractivity contribution in [2.75, 3.05) is 31.9 Å². The highest BCUT2D eigenvalue weighted by molar-refractivity contribution is 8.00. The second-order valence-corrected chi connectivity index (χ2v) is 6.68. The molecule has 1 aliphatic heterocycles. The van der Waals surface area contributed by atoms with Crippen LogP contribution < -0.4 is 5.32 Å². The van der Waals surface area contributed by atoms with Crippen LogP contribution in [0.5, 0.6) is 0 Å². The fourth-order valence-corrected chi connectivity index (χ4v) is 3.54. The van der Waals surface area contributed by atoms with Gasteiger partial charge >= 0.3 is 0 Å². The summed E-state index contributed by atoms with van der Waals surface area (Å²) in [6.45, 7) is 6.16. The number of hydrogen-bond donors (Lipinski definition) is 1. The Morgan fingerprint density at radius 2 is 2.00 bits per heavy atom. The Morgan fingerprint density at radius 1 is 1.29 bits per heavy atom. The van der Waals surface area contributed by atoms with E-state index in [2.05, 4.69) is 29.3 Å². The molecule has 1 fully saturated rings. The van der Waals surface area contributed by atoms with Crippen molar-refractivity contribution >= 4 is 17.7 Å². The molecule has 1 amide bonds. The third-order valence-corrected chi connectivity index (χ3v) is 4.89. The van der Waals surface area contributed by atoms with E-state index in [1.807, 2.05) is 18.2 Å². The van der Waals surface area contributed by atoms with Crippen molar-refractivity contribution in [3.63, 3.8) is 0 Å².